The number of aromatic nitrogens is 2. The SMILES string of the molecule is COC1(c2cc3c(Cl)nccc3n(C)c2=O)CCN(C(=O)OC(C)(C)C)C1. The molecule has 0 N–H and O–H groups in total. The first-order chi connectivity index (χ1) is 12.6. The van der Waals surface area contributed by atoms with Crippen molar-refractivity contribution in [1.29, 1.82) is 0 Å². The lowest BCUT2D eigenvalue weighted by Gasteiger charge is -2.29. The van der Waals surface area contributed by atoms with Gasteiger partial charge in [-0.15, -0.1) is 0 Å². The first kappa shape index (κ1) is 19.6. The van der Waals surface area contributed by atoms with Gasteiger partial charge in [0.25, 0.3) is 5.56 Å². The van der Waals surface area contributed by atoms with Crippen molar-refractivity contribution in [3.8, 4) is 0 Å². The quantitative estimate of drug-likeness (QED) is 0.733. The summed E-state index contributed by atoms with van der Waals surface area (Å²) in [4.78, 5) is 31.2. The van der Waals surface area contributed by atoms with Crippen LogP contribution in [0.2, 0.25) is 5.15 Å². The van der Waals surface area contributed by atoms with E-state index in [2.05, 4.69) is 4.98 Å². The van der Waals surface area contributed by atoms with Crippen LogP contribution in [0.4, 0.5) is 4.79 Å². The summed E-state index contributed by atoms with van der Waals surface area (Å²) >= 11 is 6.25. The van der Waals surface area contributed by atoms with Crippen LogP contribution in [0.1, 0.15) is 32.8 Å². The maximum Gasteiger partial charge on any atom is 0.410 e. The molecule has 2 aromatic heterocycles. The van der Waals surface area contributed by atoms with Gasteiger partial charge in [-0.25, -0.2) is 9.78 Å². The molecular weight excluding hydrogens is 370 g/mol. The second kappa shape index (κ2) is 6.80. The van der Waals surface area contributed by atoms with Gasteiger partial charge < -0.3 is 18.9 Å². The van der Waals surface area contributed by atoms with Crippen molar-refractivity contribution in [3.63, 3.8) is 0 Å². The Hall–Kier alpha value is -2.12. The van der Waals surface area contributed by atoms with Crippen molar-refractivity contribution in [2.24, 2.45) is 7.05 Å². The van der Waals surface area contributed by atoms with Crippen LogP contribution in [0.15, 0.2) is 23.1 Å². The standard InChI is InChI=1S/C19H24ClN3O4/c1-18(2,3)27-17(25)23-9-7-19(11-23,26-5)13-10-12-14(22(4)16(13)24)6-8-21-15(12)20/h6,8,10H,7,9,11H2,1-5H3. The van der Waals surface area contributed by atoms with Crippen molar-refractivity contribution < 1.29 is 14.3 Å². The Morgan fingerprint density at radius 3 is 2.70 bits per heavy atom. The van der Waals surface area contributed by atoms with E-state index in [1.54, 1.807) is 37.4 Å². The largest absolute Gasteiger partial charge is 0.444 e. The van der Waals surface area contributed by atoms with Crippen molar-refractivity contribution in [3.05, 3.63) is 39.4 Å². The molecule has 2 aromatic rings. The fourth-order valence-corrected chi connectivity index (χ4v) is 3.66. The lowest BCUT2D eigenvalue weighted by molar-refractivity contribution is -0.0140. The van der Waals surface area contributed by atoms with Gasteiger partial charge in [0, 0.05) is 38.7 Å². The third-order valence-corrected chi connectivity index (χ3v) is 5.17. The van der Waals surface area contributed by atoms with Crippen molar-refractivity contribution in [2.45, 2.75) is 38.4 Å². The summed E-state index contributed by atoms with van der Waals surface area (Å²) in [5.74, 6) is 0. The van der Waals surface area contributed by atoms with Crippen LogP contribution in [0.5, 0.6) is 0 Å². The lowest BCUT2D eigenvalue weighted by atomic mass is 9.92. The molecule has 7 nitrogen and oxygen atoms in total. The molecule has 0 bridgehead atoms. The molecule has 1 aliphatic rings. The average Bonchev–Trinajstić information content (AvgIpc) is 3.03. The summed E-state index contributed by atoms with van der Waals surface area (Å²) in [7, 11) is 3.24. The predicted molar refractivity (Wildman–Crippen MR) is 103 cm³/mol. The number of hydrogen-bond acceptors (Lipinski definition) is 5. The highest BCUT2D eigenvalue weighted by Crippen LogP contribution is 2.36. The van der Waals surface area contributed by atoms with Crippen molar-refractivity contribution in [1.82, 2.24) is 14.5 Å². The third kappa shape index (κ3) is 3.53. The molecule has 146 valence electrons. The minimum atomic E-state index is -0.918. The van der Waals surface area contributed by atoms with E-state index in [1.165, 1.54) is 4.57 Å². The molecule has 3 heterocycles. The number of methoxy groups -OCH3 is 1. The molecule has 0 spiro atoms. The summed E-state index contributed by atoms with van der Waals surface area (Å²) in [5, 5.41) is 0.987. The van der Waals surface area contributed by atoms with Gasteiger partial charge in [0.1, 0.15) is 16.4 Å². The van der Waals surface area contributed by atoms with E-state index in [0.717, 1.165) is 0 Å². The number of hydrogen-bond donors (Lipinski definition) is 0. The Labute approximate surface area is 162 Å². The van der Waals surface area contributed by atoms with Crippen molar-refractivity contribution in [2.75, 3.05) is 20.2 Å². The predicted octanol–water partition coefficient (Wildman–Crippen LogP) is 3.07. The van der Waals surface area contributed by atoms with E-state index < -0.39 is 17.3 Å². The monoisotopic (exact) mass is 393 g/mol. The van der Waals surface area contributed by atoms with E-state index in [-0.39, 0.29) is 12.1 Å². The first-order valence-electron chi connectivity index (χ1n) is 8.76. The van der Waals surface area contributed by atoms with Gasteiger partial charge in [-0.3, -0.25) is 4.79 Å². The third-order valence-electron chi connectivity index (χ3n) is 4.87. The maximum absolute atomic E-state index is 13.0. The van der Waals surface area contributed by atoms with E-state index >= 15 is 0 Å². The number of carbonyl (C=O) groups is 1. The molecule has 1 amide bonds. The highest BCUT2D eigenvalue weighted by Gasteiger charge is 2.45. The summed E-state index contributed by atoms with van der Waals surface area (Å²) in [6.45, 7) is 6.12. The number of rotatable bonds is 2. The fraction of sp³-hybridized carbons (Fsp3) is 0.526. The second-order valence-corrected chi connectivity index (χ2v) is 8.17. The topological polar surface area (TPSA) is 73.7 Å². The number of carbonyl (C=O) groups excluding carboxylic acids is 1. The fourth-order valence-electron chi connectivity index (χ4n) is 3.45. The van der Waals surface area contributed by atoms with Crippen LogP contribution in [-0.2, 0) is 22.1 Å². The highest BCUT2D eigenvalue weighted by molar-refractivity contribution is 6.34. The summed E-state index contributed by atoms with van der Waals surface area (Å²) < 4.78 is 12.8. The number of fused-ring (bicyclic) bond motifs is 1. The van der Waals surface area contributed by atoms with Gasteiger partial charge in [0.2, 0.25) is 0 Å². The number of ether oxygens (including phenoxy) is 2. The number of amides is 1. The minimum Gasteiger partial charge on any atom is -0.444 e. The number of likely N-dealkylation sites (tertiary alicyclic amines) is 1. The molecule has 0 saturated carbocycles. The normalized spacial score (nSPS) is 20.3. The summed E-state index contributed by atoms with van der Waals surface area (Å²) in [6, 6.07) is 3.47. The molecule has 3 rings (SSSR count). The minimum absolute atomic E-state index is 0.183. The Morgan fingerprint density at radius 1 is 1.37 bits per heavy atom. The van der Waals surface area contributed by atoms with E-state index in [1.807, 2.05) is 20.8 Å². The second-order valence-electron chi connectivity index (χ2n) is 7.81. The van der Waals surface area contributed by atoms with Crippen LogP contribution in [0.25, 0.3) is 10.9 Å². The highest BCUT2D eigenvalue weighted by atomic mass is 35.5. The van der Waals surface area contributed by atoms with Gasteiger partial charge in [-0.05, 0) is 32.9 Å². The molecule has 1 unspecified atom stereocenters. The van der Waals surface area contributed by atoms with Gasteiger partial charge in [0.05, 0.1) is 17.6 Å². The molecule has 1 aliphatic heterocycles. The number of aryl methyl sites for hydroxylation is 1. The zero-order chi connectivity index (χ0) is 20.0. The number of nitrogens with zero attached hydrogens (tertiary/aromatic N) is 3. The smallest absolute Gasteiger partial charge is 0.410 e. The first-order valence-corrected chi connectivity index (χ1v) is 9.13. The zero-order valence-corrected chi connectivity index (χ0v) is 17.0. The molecule has 0 radical (unpaired) electrons. The Balaban J connectivity index is 2.04. The van der Waals surface area contributed by atoms with Crippen molar-refractivity contribution >= 4 is 28.6 Å². The van der Waals surface area contributed by atoms with Gasteiger partial charge in [-0.1, -0.05) is 11.6 Å². The zero-order valence-electron chi connectivity index (χ0n) is 16.2. The molecular formula is C19H24ClN3O4. The summed E-state index contributed by atoms with van der Waals surface area (Å²) in [5.41, 5.74) is -0.539. The summed E-state index contributed by atoms with van der Waals surface area (Å²) in [6.07, 6.45) is 1.63. The molecule has 0 aliphatic carbocycles. The van der Waals surface area contributed by atoms with Crippen LogP contribution in [-0.4, -0.2) is 46.3 Å². The van der Waals surface area contributed by atoms with Gasteiger partial charge >= 0.3 is 6.09 Å². The Bertz CT molecular complexity index is 950. The average molecular weight is 394 g/mol. The Morgan fingerprint density at radius 2 is 2.07 bits per heavy atom. The Kier molecular flexibility index (Phi) is 4.94. The van der Waals surface area contributed by atoms with Crippen LogP contribution in [0, 0.1) is 0 Å². The number of pyridine rings is 2. The van der Waals surface area contributed by atoms with Crippen LogP contribution >= 0.6 is 11.6 Å². The van der Waals surface area contributed by atoms with Crippen LogP contribution < -0.4 is 5.56 Å². The maximum atomic E-state index is 13.0. The van der Waals surface area contributed by atoms with E-state index in [4.69, 9.17) is 21.1 Å². The van der Waals surface area contributed by atoms with E-state index in [0.29, 0.717) is 34.6 Å². The molecule has 8 heteroatoms. The van der Waals surface area contributed by atoms with Gasteiger partial charge in [-0.2, -0.15) is 0 Å². The molecule has 1 saturated heterocycles. The molecule has 1 atom stereocenters. The van der Waals surface area contributed by atoms with Crippen LogP contribution in [0.3, 0.4) is 0 Å². The lowest BCUT2D eigenvalue weighted by Crippen LogP contribution is -2.42. The molecule has 0 aromatic carbocycles. The number of halogens is 1. The molecule has 27 heavy (non-hydrogen) atoms. The van der Waals surface area contributed by atoms with E-state index in [9.17, 15) is 9.59 Å². The van der Waals surface area contributed by atoms with Gasteiger partial charge in [0.15, 0.2) is 0 Å². The molecule has 1 fully saturated rings.